The lowest BCUT2D eigenvalue weighted by Gasteiger charge is -2.25. The molecule has 2 aromatic carbocycles. The smallest absolute Gasteiger partial charge is 0.343 e. The Morgan fingerprint density at radius 3 is 2.48 bits per heavy atom. The second-order valence-electron chi connectivity index (χ2n) is 8.94. The molecule has 0 fully saturated rings. The number of rotatable bonds is 10. The Morgan fingerprint density at radius 1 is 1.02 bits per heavy atom. The monoisotopic (exact) mass is 594 g/mol. The Labute approximate surface area is 245 Å². The van der Waals surface area contributed by atoms with E-state index in [1.165, 1.54) is 18.6 Å². The van der Waals surface area contributed by atoms with Gasteiger partial charge in [0, 0.05) is 12.5 Å². The summed E-state index contributed by atoms with van der Waals surface area (Å²) in [6.45, 7) is 6.57. The molecule has 42 heavy (non-hydrogen) atoms. The number of fused-ring (bicyclic) bond motifs is 1. The van der Waals surface area contributed by atoms with Crippen LogP contribution in [0.1, 0.15) is 44.9 Å². The van der Waals surface area contributed by atoms with Crippen LogP contribution in [-0.4, -0.2) is 49.4 Å². The number of carbonyl (C=O) groups is 3. The van der Waals surface area contributed by atoms with Crippen molar-refractivity contribution in [2.24, 2.45) is 4.99 Å². The zero-order valence-electron chi connectivity index (χ0n) is 23.8. The quantitative estimate of drug-likeness (QED) is 0.257. The summed E-state index contributed by atoms with van der Waals surface area (Å²) in [4.78, 5) is 55.4. The standard InChI is InChI=1S/C30H30N2O9S/c1-6-38-23-14-20(12-13-22(23)40-16-25(34)37-5)27-26(29(36)39-7-2)17(3)31-30-32(27)28(35)24(42-30)15-19-10-8-9-11-21(19)41-18(4)33/h8-15,27H,6-7,16H2,1-5H3/b24-15+/t27-/m0/s1. The number of para-hydroxylation sites is 1. The molecule has 220 valence electrons. The van der Waals surface area contributed by atoms with Gasteiger partial charge in [-0.15, -0.1) is 0 Å². The number of ether oxygens (including phenoxy) is 5. The molecule has 0 unspecified atom stereocenters. The average Bonchev–Trinajstić information content (AvgIpc) is 3.26. The van der Waals surface area contributed by atoms with Crippen LogP contribution in [0, 0.1) is 0 Å². The van der Waals surface area contributed by atoms with Crippen molar-refractivity contribution in [2.45, 2.75) is 33.7 Å². The fraction of sp³-hybridized carbons (Fsp3) is 0.300. The van der Waals surface area contributed by atoms with Crippen molar-refractivity contribution in [2.75, 3.05) is 26.9 Å². The van der Waals surface area contributed by atoms with Gasteiger partial charge < -0.3 is 23.7 Å². The lowest BCUT2D eigenvalue weighted by molar-refractivity contribution is -0.143. The highest BCUT2D eigenvalue weighted by Gasteiger charge is 2.34. The normalized spacial score (nSPS) is 14.5. The van der Waals surface area contributed by atoms with E-state index in [9.17, 15) is 19.2 Å². The van der Waals surface area contributed by atoms with E-state index in [-0.39, 0.29) is 18.8 Å². The molecule has 1 atom stereocenters. The molecular formula is C30H30N2O9S. The number of thiazole rings is 1. The number of nitrogens with zero attached hydrogens (tertiary/aromatic N) is 2. The summed E-state index contributed by atoms with van der Waals surface area (Å²) in [5, 5.41) is 0. The van der Waals surface area contributed by atoms with Crippen molar-refractivity contribution in [1.29, 1.82) is 0 Å². The van der Waals surface area contributed by atoms with Crippen LogP contribution in [0.15, 0.2) is 63.5 Å². The van der Waals surface area contributed by atoms with E-state index in [0.29, 0.717) is 50.0 Å². The molecule has 0 spiro atoms. The van der Waals surface area contributed by atoms with Gasteiger partial charge in [-0.2, -0.15) is 0 Å². The van der Waals surface area contributed by atoms with Gasteiger partial charge in [-0.25, -0.2) is 14.6 Å². The van der Waals surface area contributed by atoms with Crippen LogP contribution in [-0.2, 0) is 23.9 Å². The molecule has 2 heterocycles. The first kappa shape index (κ1) is 30.3. The van der Waals surface area contributed by atoms with Crippen LogP contribution in [0.4, 0.5) is 0 Å². The maximum atomic E-state index is 13.9. The second kappa shape index (κ2) is 13.3. The molecule has 0 radical (unpaired) electrons. The maximum Gasteiger partial charge on any atom is 0.343 e. The fourth-order valence-electron chi connectivity index (χ4n) is 4.37. The van der Waals surface area contributed by atoms with Gasteiger partial charge in [-0.3, -0.25) is 14.2 Å². The number of aromatic nitrogens is 1. The zero-order chi connectivity index (χ0) is 30.4. The number of hydrogen-bond donors (Lipinski definition) is 0. The minimum absolute atomic E-state index is 0.129. The van der Waals surface area contributed by atoms with Crippen LogP contribution in [0.2, 0.25) is 0 Å². The van der Waals surface area contributed by atoms with Crippen molar-refractivity contribution in [1.82, 2.24) is 4.57 Å². The molecule has 12 heteroatoms. The summed E-state index contributed by atoms with van der Waals surface area (Å²) in [6.07, 6.45) is 1.62. The van der Waals surface area contributed by atoms with E-state index in [2.05, 4.69) is 9.73 Å². The summed E-state index contributed by atoms with van der Waals surface area (Å²) in [5.74, 6) is -0.752. The van der Waals surface area contributed by atoms with Gasteiger partial charge in [-0.1, -0.05) is 35.6 Å². The first-order valence-corrected chi connectivity index (χ1v) is 13.9. The van der Waals surface area contributed by atoms with Gasteiger partial charge in [0.25, 0.3) is 5.56 Å². The highest BCUT2D eigenvalue weighted by Crippen LogP contribution is 2.36. The van der Waals surface area contributed by atoms with E-state index in [1.54, 1.807) is 69.3 Å². The zero-order valence-corrected chi connectivity index (χ0v) is 24.6. The van der Waals surface area contributed by atoms with E-state index in [1.807, 2.05) is 0 Å². The van der Waals surface area contributed by atoms with Crippen LogP contribution < -0.4 is 29.1 Å². The Morgan fingerprint density at radius 2 is 1.79 bits per heavy atom. The van der Waals surface area contributed by atoms with Crippen molar-refractivity contribution in [3.63, 3.8) is 0 Å². The fourth-order valence-corrected chi connectivity index (χ4v) is 5.41. The molecule has 0 saturated carbocycles. The number of carbonyl (C=O) groups excluding carboxylic acids is 3. The molecule has 0 aliphatic carbocycles. The van der Waals surface area contributed by atoms with Gasteiger partial charge in [0.1, 0.15) is 5.75 Å². The summed E-state index contributed by atoms with van der Waals surface area (Å²) in [7, 11) is 1.26. The molecule has 11 nitrogen and oxygen atoms in total. The van der Waals surface area contributed by atoms with Crippen molar-refractivity contribution in [3.8, 4) is 17.2 Å². The van der Waals surface area contributed by atoms with E-state index >= 15 is 0 Å². The molecule has 1 aliphatic rings. The first-order chi connectivity index (χ1) is 20.2. The van der Waals surface area contributed by atoms with Crippen LogP contribution in [0.5, 0.6) is 17.2 Å². The third-order valence-electron chi connectivity index (χ3n) is 6.13. The number of methoxy groups -OCH3 is 1. The van der Waals surface area contributed by atoms with E-state index in [0.717, 1.165) is 11.3 Å². The van der Waals surface area contributed by atoms with Gasteiger partial charge in [-0.05, 0) is 50.6 Å². The average molecular weight is 595 g/mol. The van der Waals surface area contributed by atoms with Crippen molar-refractivity contribution >= 4 is 35.3 Å². The van der Waals surface area contributed by atoms with Gasteiger partial charge in [0.05, 0.1) is 42.2 Å². The lowest BCUT2D eigenvalue weighted by Crippen LogP contribution is -2.40. The highest BCUT2D eigenvalue weighted by molar-refractivity contribution is 7.07. The van der Waals surface area contributed by atoms with E-state index < -0.39 is 29.5 Å². The summed E-state index contributed by atoms with van der Waals surface area (Å²) >= 11 is 1.14. The van der Waals surface area contributed by atoms with Crippen LogP contribution in [0.3, 0.4) is 0 Å². The molecule has 3 aromatic rings. The van der Waals surface area contributed by atoms with Gasteiger partial charge in [0.15, 0.2) is 22.9 Å². The van der Waals surface area contributed by atoms with Gasteiger partial charge in [0.2, 0.25) is 0 Å². The topological polar surface area (TPSA) is 132 Å². The Balaban J connectivity index is 1.91. The van der Waals surface area contributed by atoms with Crippen molar-refractivity contribution < 1.29 is 38.1 Å². The molecule has 1 aliphatic heterocycles. The molecule has 4 rings (SSSR count). The Bertz CT molecular complexity index is 1740. The van der Waals surface area contributed by atoms with E-state index in [4.69, 9.17) is 18.9 Å². The molecule has 0 N–H and O–H groups in total. The number of allylic oxidation sites excluding steroid dienone is 1. The molecule has 1 aromatic heterocycles. The minimum Gasteiger partial charge on any atom is -0.490 e. The highest BCUT2D eigenvalue weighted by atomic mass is 32.1. The second-order valence-corrected chi connectivity index (χ2v) is 9.95. The number of esters is 3. The predicted molar refractivity (Wildman–Crippen MR) is 153 cm³/mol. The minimum atomic E-state index is -0.903. The molecule has 0 bridgehead atoms. The summed E-state index contributed by atoms with van der Waals surface area (Å²) in [5.41, 5.74) is 1.26. The number of hydrogen-bond acceptors (Lipinski definition) is 11. The molecule has 0 amide bonds. The Hall–Kier alpha value is -4.71. The lowest BCUT2D eigenvalue weighted by atomic mass is 9.95. The molecule has 0 saturated heterocycles. The first-order valence-electron chi connectivity index (χ1n) is 13.1. The number of benzene rings is 2. The third kappa shape index (κ3) is 6.44. The SMILES string of the molecule is CCOC(=O)C1=C(C)N=c2s/c(=C/c3ccccc3OC(C)=O)c(=O)n2[C@H]1c1ccc(OCC(=O)OC)c(OCC)c1. The Kier molecular flexibility index (Phi) is 9.58. The predicted octanol–water partition coefficient (Wildman–Crippen LogP) is 2.67. The third-order valence-corrected chi connectivity index (χ3v) is 7.12. The van der Waals surface area contributed by atoms with Gasteiger partial charge >= 0.3 is 17.9 Å². The largest absolute Gasteiger partial charge is 0.490 e. The van der Waals surface area contributed by atoms with Crippen molar-refractivity contribution in [3.05, 3.63) is 84.5 Å². The van der Waals surface area contributed by atoms with Crippen LogP contribution >= 0.6 is 11.3 Å². The summed E-state index contributed by atoms with van der Waals surface area (Å²) < 4.78 is 28.5. The maximum absolute atomic E-state index is 13.9. The van der Waals surface area contributed by atoms with Crippen LogP contribution in [0.25, 0.3) is 6.08 Å². The molecular weight excluding hydrogens is 564 g/mol. The summed E-state index contributed by atoms with van der Waals surface area (Å²) in [6, 6.07) is 10.9.